The molecular formula is C14H22ClNO2S. The number of nitrogens with one attached hydrogen (secondary N) is 1. The van der Waals surface area contributed by atoms with Crippen LogP contribution in [0.5, 0.6) is 0 Å². The van der Waals surface area contributed by atoms with Crippen LogP contribution in [0.1, 0.15) is 50.3 Å². The smallest absolute Gasteiger partial charge is 0.212 e. The summed E-state index contributed by atoms with van der Waals surface area (Å²) in [5, 5.41) is 0. The van der Waals surface area contributed by atoms with Crippen molar-refractivity contribution in [1.82, 2.24) is 4.72 Å². The van der Waals surface area contributed by atoms with Crippen LogP contribution >= 0.6 is 11.6 Å². The number of alkyl halides is 1. The highest BCUT2D eigenvalue weighted by molar-refractivity contribution is 7.89. The van der Waals surface area contributed by atoms with Gasteiger partial charge in [0.25, 0.3) is 0 Å². The normalized spacial score (nSPS) is 13.7. The fourth-order valence-electron chi connectivity index (χ4n) is 1.81. The lowest BCUT2D eigenvalue weighted by molar-refractivity contribution is 0.565. The molecule has 0 saturated heterocycles. The molecule has 0 aliphatic rings. The van der Waals surface area contributed by atoms with E-state index >= 15 is 0 Å². The molecule has 1 aromatic rings. The Balaban J connectivity index is 2.70. The number of halogens is 1. The highest BCUT2D eigenvalue weighted by Gasteiger charge is 2.15. The summed E-state index contributed by atoms with van der Waals surface area (Å²) in [6.07, 6.45) is 0.468. The van der Waals surface area contributed by atoms with E-state index in [9.17, 15) is 8.42 Å². The SMILES string of the molecule is CC(C)c1ccc(C(C)NS(=O)(=O)CCCCl)cc1. The first-order valence-corrected chi connectivity index (χ1v) is 8.70. The Hall–Kier alpha value is -0.580. The van der Waals surface area contributed by atoms with Crippen LogP contribution in [0.4, 0.5) is 0 Å². The van der Waals surface area contributed by atoms with E-state index in [1.165, 1.54) is 5.56 Å². The van der Waals surface area contributed by atoms with Gasteiger partial charge in [-0.25, -0.2) is 13.1 Å². The van der Waals surface area contributed by atoms with Crippen molar-refractivity contribution in [3.63, 3.8) is 0 Å². The molecule has 1 unspecified atom stereocenters. The molecule has 0 heterocycles. The predicted octanol–water partition coefficient (Wildman–Crippen LogP) is 3.42. The van der Waals surface area contributed by atoms with Crippen LogP contribution < -0.4 is 4.72 Å². The molecule has 1 rings (SSSR count). The van der Waals surface area contributed by atoms with Crippen LogP contribution in [-0.4, -0.2) is 20.1 Å². The van der Waals surface area contributed by atoms with Gasteiger partial charge >= 0.3 is 0 Å². The molecule has 3 nitrogen and oxygen atoms in total. The Morgan fingerprint density at radius 3 is 2.11 bits per heavy atom. The molecule has 0 radical (unpaired) electrons. The van der Waals surface area contributed by atoms with E-state index in [2.05, 4.69) is 18.6 Å². The Labute approximate surface area is 121 Å². The second-order valence-corrected chi connectivity index (χ2v) is 7.27. The van der Waals surface area contributed by atoms with Crippen LogP contribution in [0.3, 0.4) is 0 Å². The molecule has 1 N–H and O–H groups in total. The van der Waals surface area contributed by atoms with Gasteiger partial charge in [-0.05, 0) is 30.4 Å². The summed E-state index contributed by atoms with van der Waals surface area (Å²) in [5.41, 5.74) is 2.22. The molecule has 0 fully saturated rings. The molecular weight excluding hydrogens is 282 g/mol. The predicted molar refractivity (Wildman–Crippen MR) is 81.2 cm³/mol. The van der Waals surface area contributed by atoms with Gasteiger partial charge in [-0.15, -0.1) is 11.6 Å². The molecule has 108 valence electrons. The van der Waals surface area contributed by atoms with E-state index in [0.29, 0.717) is 18.2 Å². The first-order chi connectivity index (χ1) is 8.85. The Kier molecular flexibility index (Phi) is 6.30. The highest BCUT2D eigenvalue weighted by atomic mass is 35.5. The minimum Gasteiger partial charge on any atom is -0.212 e. The van der Waals surface area contributed by atoms with Gasteiger partial charge in [-0.1, -0.05) is 38.1 Å². The third-order valence-electron chi connectivity index (χ3n) is 3.01. The lowest BCUT2D eigenvalue weighted by Crippen LogP contribution is -2.29. The zero-order valence-electron chi connectivity index (χ0n) is 11.7. The van der Waals surface area contributed by atoms with Gasteiger partial charge in [0.1, 0.15) is 0 Å². The average Bonchev–Trinajstić information content (AvgIpc) is 2.36. The molecule has 0 aromatic heterocycles. The standard InChI is InChI=1S/C14H22ClNO2S/c1-11(2)13-5-7-14(8-6-13)12(3)16-19(17,18)10-4-9-15/h5-8,11-12,16H,4,9-10H2,1-3H3. The third kappa shape index (κ3) is 5.51. The van der Waals surface area contributed by atoms with Crippen molar-refractivity contribution < 1.29 is 8.42 Å². The Bertz CT molecular complexity index is 483. The number of sulfonamides is 1. The topological polar surface area (TPSA) is 46.2 Å². The monoisotopic (exact) mass is 303 g/mol. The number of hydrogen-bond acceptors (Lipinski definition) is 2. The van der Waals surface area contributed by atoms with E-state index in [0.717, 1.165) is 5.56 Å². The van der Waals surface area contributed by atoms with Crippen molar-refractivity contribution in [2.75, 3.05) is 11.6 Å². The van der Waals surface area contributed by atoms with Gasteiger partial charge in [0.2, 0.25) is 10.0 Å². The van der Waals surface area contributed by atoms with Crippen molar-refractivity contribution in [2.45, 2.75) is 39.2 Å². The maximum absolute atomic E-state index is 11.8. The van der Waals surface area contributed by atoms with Gasteiger partial charge in [0.15, 0.2) is 0 Å². The molecule has 0 saturated carbocycles. The molecule has 1 atom stereocenters. The van der Waals surface area contributed by atoms with Gasteiger partial charge < -0.3 is 0 Å². The summed E-state index contributed by atoms with van der Waals surface area (Å²) in [7, 11) is -3.25. The van der Waals surface area contributed by atoms with E-state index in [1.807, 2.05) is 31.2 Å². The van der Waals surface area contributed by atoms with E-state index in [1.54, 1.807) is 0 Å². The van der Waals surface area contributed by atoms with Crippen LogP contribution in [0.15, 0.2) is 24.3 Å². The third-order valence-corrected chi connectivity index (χ3v) is 4.81. The average molecular weight is 304 g/mol. The molecule has 0 bridgehead atoms. The maximum atomic E-state index is 11.8. The summed E-state index contributed by atoms with van der Waals surface area (Å²) < 4.78 is 26.2. The largest absolute Gasteiger partial charge is 0.212 e. The molecule has 5 heteroatoms. The molecule has 0 spiro atoms. The van der Waals surface area contributed by atoms with E-state index in [-0.39, 0.29) is 11.8 Å². The molecule has 0 aliphatic carbocycles. The van der Waals surface area contributed by atoms with Crippen molar-refractivity contribution in [3.05, 3.63) is 35.4 Å². The van der Waals surface area contributed by atoms with Gasteiger partial charge in [0.05, 0.1) is 5.75 Å². The second-order valence-electron chi connectivity index (χ2n) is 5.02. The van der Waals surface area contributed by atoms with Crippen molar-refractivity contribution in [2.24, 2.45) is 0 Å². The number of hydrogen-bond donors (Lipinski definition) is 1. The zero-order chi connectivity index (χ0) is 14.5. The van der Waals surface area contributed by atoms with Crippen molar-refractivity contribution in [1.29, 1.82) is 0 Å². The minimum absolute atomic E-state index is 0.0743. The molecule has 1 aromatic carbocycles. The maximum Gasteiger partial charge on any atom is 0.212 e. The summed E-state index contributed by atoms with van der Waals surface area (Å²) >= 11 is 5.52. The lowest BCUT2D eigenvalue weighted by atomic mass is 10.00. The Morgan fingerprint density at radius 2 is 1.63 bits per heavy atom. The van der Waals surface area contributed by atoms with Crippen molar-refractivity contribution >= 4 is 21.6 Å². The number of benzene rings is 1. The van der Waals surface area contributed by atoms with Crippen LogP contribution in [-0.2, 0) is 10.0 Å². The molecule has 0 aliphatic heterocycles. The van der Waals surface area contributed by atoms with E-state index < -0.39 is 10.0 Å². The second kappa shape index (κ2) is 7.27. The molecule has 0 amide bonds. The fraction of sp³-hybridized carbons (Fsp3) is 0.571. The van der Waals surface area contributed by atoms with E-state index in [4.69, 9.17) is 11.6 Å². The van der Waals surface area contributed by atoms with Gasteiger partial charge in [-0.2, -0.15) is 0 Å². The highest BCUT2D eigenvalue weighted by Crippen LogP contribution is 2.19. The van der Waals surface area contributed by atoms with Crippen LogP contribution in [0.25, 0.3) is 0 Å². The number of rotatable bonds is 7. The van der Waals surface area contributed by atoms with Crippen molar-refractivity contribution in [3.8, 4) is 0 Å². The molecule has 19 heavy (non-hydrogen) atoms. The van der Waals surface area contributed by atoms with Gasteiger partial charge in [0, 0.05) is 11.9 Å². The van der Waals surface area contributed by atoms with Gasteiger partial charge in [-0.3, -0.25) is 0 Å². The summed E-state index contributed by atoms with van der Waals surface area (Å²) in [5.74, 6) is 0.910. The summed E-state index contributed by atoms with van der Waals surface area (Å²) in [4.78, 5) is 0. The van der Waals surface area contributed by atoms with Crippen LogP contribution in [0, 0.1) is 0 Å². The lowest BCUT2D eigenvalue weighted by Gasteiger charge is -2.15. The quantitative estimate of drug-likeness (QED) is 0.785. The minimum atomic E-state index is -3.25. The first kappa shape index (κ1) is 16.5. The summed E-state index contributed by atoms with van der Waals surface area (Å²) in [6, 6.07) is 7.82. The fourth-order valence-corrected chi connectivity index (χ4v) is 3.42. The summed E-state index contributed by atoms with van der Waals surface area (Å²) in [6.45, 7) is 6.11. The zero-order valence-corrected chi connectivity index (χ0v) is 13.3. The first-order valence-electron chi connectivity index (χ1n) is 6.51. The van der Waals surface area contributed by atoms with Crippen LogP contribution in [0.2, 0.25) is 0 Å². The Morgan fingerprint density at radius 1 is 1.11 bits per heavy atom.